The van der Waals surface area contributed by atoms with Crippen LogP contribution >= 0.6 is 0 Å². The maximum Gasteiger partial charge on any atom is 0.225 e. The summed E-state index contributed by atoms with van der Waals surface area (Å²) in [6.45, 7) is 4.62. The zero-order chi connectivity index (χ0) is 19.0. The third-order valence-corrected chi connectivity index (χ3v) is 5.00. The minimum absolute atomic E-state index is 0.0698. The molecule has 0 spiro atoms. The molecule has 7 nitrogen and oxygen atoms in total. The van der Waals surface area contributed by atoms with Gasteiger partial charge in [-0.3, -0.25) is 4.79 Å². The largest absolute Gasteiger partial charge is 0.497 e. The van der Waals surface area contributed by atoms with Crippen molar-refractivity contribution in [2.24, 2.45) is 5.92 Å². The van der Waals surface area contributed by atoms with Crippen LogP contribution in [0.5, 0.6) is 11.5 Å². The summed E-state index contributed by atoms with van der Waals surface area (Å²) < 4.78 is 35.4. The number of sulfonamides is 1. The molecule has 0 atom stereocenters. The lowest BCUT2D eigenvalue weighted by molar-refractivity contribution is -0.116. The summed E-state index contributed by atoms with van der Waals surface area (Å²) in [6, 6.07) is 5.06. The number of nitrogens with zero attached hydrogens (tertiary/aromatic N) is 1. The molecule has 0 aromatic heterocycles. The summed E-state index contributed by atoms with van der Waals surface area (Å²) in [7, 11) is -0.292. The van der Waals surface area contributed by atoms with Gasteiger partial charge >= 0.3 is 0 Å². The second-order valence-electron chi connectivity index (χ2n) is 6.21. The van der Waals surface area contributed by atoms with Crippen LogP contribution in [-0.2, 0) is 14.8 Å². The van der Waals surface area contributed by atoms with Crippen molar-refractivity contribution in [3.8, 4) is 11.5 Å². The highest BCUT2D eigenvalue weighted by Gasteiger charge is 2.18. The van der Waals surface area contributed by atoms with Crippen LogP contribution in [0, 0.1) is 5.92 Å². The van der Waals surface area contributed by atoms with Gasteiger partial charge in [-0.05, 0) is 24.5 Å². The number of ether oxygens (including phenoxy) is 2. The summed E-state index contributed by atoms with van der Waals surface area (Å²) in [5.74, 6) is 1.21. The van der Waals surface area contributed by atoms with Gasteiger partial charge in [-0.25, -0.2) is 12.7 Å². The molecule has 0 aliphatic heterocycles. The summed E-state index contributed by atoms with van der Waals surface area (Å²) in [4.78, 5) is 12.2. The van der Waals surface area contributed by atoms with Crippen molar-refractivity contribution in [2.75, 3.05) is 38.9 Å². The number of carbonyl (C=O) groups is 1. The van der Waals surface area contributed by atoms with E-state index in [1.54, 1.807) is 25.3 Å². The molecule has 0 saturated carbocycles. The lowest BCUT2D eigenvalue weighted by Gasteiger charge is -2.20. The standard InChI is InChI=1S/C17H28N2O5S/c1-13(2)8-10-19(25(5,21)22)11-9-17(20)18-15-7-6-14(23-3)12-16(15)24-4/h6-7,12-13H,8-11H2,1-5H3,(H,18,20). The van der Waals surface area contributed by atoms with Gasteiger partial charge in [-0.2, -0.15) is 0 Å². The maximum atomic E-state index is 12.2. The average Bonchev–Trinajstić information content (AvgIpc) is 2.53. The Hall–Kier alpha value is -1.80. The molecule has 0 unspecified atom stereocenters. The Labute approximate surface area is 150 Å². The van der Waals surface area contributed by atoms with E-state index in [-0.39, 0.29) is 18.9 Å². The van der Waals surface area contributed by atoms with E-state index in [4.69, 9.17) is 9.47 Å². The van der Waals surface area contributed by atoms with E-state index in [9.17, 15) is 13.2 Å². The molecular weight excluding hydrogens is 344 g/mol. The third-order valence-electron chi connectivity index (χ3n) is 3.70. The van der Waals surface area contributed by atoms with Crippen molar-refractivity contribution in [1.82, 2.24) is 4.31 Å². The predicted octanol–water partition coefficient (Wildman–Crippen LogP) is 2.34. The lowest BCUT2D eigenvalue weighted by Crippen LogP contribution is -2.34. The molecule has 1 N–H and O–H groups in total. The first-order valence-corrected chi connectivity index (χ1v) is 9.99. The number of amides is 1. The van der Waals surface area contributed by atoms with Gasteiger partial charge in [0, 0.05) is 25.6 Å². The van der Waals surface area contributed by atoms with E-state index in [0.29, 0.717) is 29.6 Å². The van der Waals surface area contributed by atoms with Gasteiger partial charge in [-0.1, -0.05) is 13.8 Å². The molecule has 1 rings (SSSR count). The fourth-order valence-corrected chi connectivity index (χ4v) is 3.05. The van der Waals surface area contributed by atoms with Gasteiger partial charge < -0.3 is 14.8 Å². The normalized spacial score (nSPS) is 11.6. The smallest absolute Gasteiger partial charge is 0.225 e. The Bertz CT molecular complexity index is 674. The average molecular weight is 372 g/mol. The Balaban J connectivity index is 2.69. The maximum absolute atomic E-state index is 12.2. The van der Waals surface area contributed by atoms with Gasteiger partial charge in [0.2, 0.25) is 15.9 Å². The number of carbonyl (C=O) groups excluding carboxylic acids is 1. The molecule has 1 aromatic carbocycles. The van der Waals surface area contributed by atoms with E-state index in [1.165, 1.54) is 11.4 Å². The Morgan fingerprint density at radius 2 is 1.88 bits per heavy atom. The van der Waals surface area contributed by atoms with E-state index in [0.717, 1.165) is 12.7 Å². The van der Waals surface area contributed by atoms with E-state index in [2.05, 4.69) is 5.32 Å². The van der Waals surface area contributed by atoms with Gasteiger partial charge in [0.15, 0.2) is 0 Å². The van der Waals surface area contributed by atoms with Crippen LogP contribution in [0.15, 0.2) is 18.2 Å². The molecule has 1 amide bonds. The quantitative estimate of drug-likeness (QED) is 0.681. The van der Waals surface area contributed by atoms with Crippen molar-refractivity contribution in [3.05, 3.63) is 18.2 Å². The van der Waals surface area contributed by atoms with Crippen molar-refractivity contribution in [2.45, 2.75) is 26.7 Å². The van der Waals surface area contributed by atoms with Crippen LogP contribution in [0.1, 0.15) is 26.7 Å². The summed E-state index contributed by atoms with van der Waals surface area (Å²) in [5.41, 5.74) is 0.515. The molecule has 0 aliphatic rings. The number of nitrogens with one attached hydrogen (secondary N) is 1. The SMILES string of the molecule is COc1ccc(NC(=O)CCN(CCC(C)C)S(C)(=O)=O)c(OC)c1. The lowest BCUT2D eigenvalue weighted by atomic mass is 10.1. The molecule has 25 heavy (non-hydrogen) atoms. The minimum Gasteiger partial charge on any atom is -0.497 e. The first kappa shape index (κ1) is 21.2. The zero-order valence-corrected chi connectivity index (χ0v) is 16.4. The summed E-state index contributed by atoms with van der Waals surface area (Å²) >= 11 is 0. The number of rotatable bonds is 10. The second kappa shape index (κ2) is 9.62. The highest BCUT2D eigenvalue weighted by molar-refractivity contribution is 7.88. The number of benzene rings is 1. The number of hydrogen-bond acceptors (Lipinski definition) is 5. The molecule has 0 fully saturated rings. The zero-order valence-electron chi connectivity index (χ0n) is 15.5. The van der Waals surface area contributed by atoms with E-state index >= 15 is 0 Å². The van der Waals surface area contributed by atoms with E-state index in [1.807, 2.05) is 13.8 Å². The molecule has 0 radical (unpaired) electrons. The highest BCUT2D eigenvalue weighted by Crippen LogP contribution is 2.29. The topological polar surface area (TPSA) is 84.9 Å². The fraction of sp³-hybridized carbons (Fsp3) is 0.588. The molecule has 0 heterocycles. The van der Waals surface area contributed by atoms with Crippen LogP contribution in [0.25, 0.3) is 0 Å². The predicted molar refractivity (Wildman–Crippen MR) is 98.7 cm³/mol. The highest BCUT2D eigenvalue weighted by atomic mass is 32.2. The molecular formula is C17H28N2O5S. The third kappa shape index (κ3) is 7.31. The summed E-state index contributed by atoms with van der Waals surface area (Å²) in [6.07, 6.45) is 1.99. The minimum atomic E-state index is -3.34. The summed E-state index contributed by atoms with van der Waals surface area (Å²) in [5, 5.41) is 2.74. The molecule has 142 valence electrons. The molecule has 0 saturated heterocycles. The van der Waals surface area contributed by atoms with Crippen molar-refractivity contribution < 1.29 is 22.7 Å². The van der Waals surface area contributed by atoms with Crippen molar-refractivity contribution in [1.29, 1.82) is 0 Å². The first-order chi connectivity index (χ1) is 11.7. The Morgan fingerprint density at radius 3 is 2.40 bits per heavy atom. The van der Waals surface area contributed by atoms with Crippen LogP contribution in [0.3, 0.4) is 0 Å². The van der Waals surface area contributed by atoms with Crippen LogP contribution in [-0.4, -0.2) is 52.2 Å². The van der Waals surface area contributed by atoms with Crippen LogP contribution in [0.4, 0.5) is 5.69 Å². The number of anilines is 1. The fourth-order valence-electron chi connectivity index (χ4n) is 2.19. The Kier molecular flexibility index (Phi) is 8.18. The van der Waals surface area contributed by atoms with Gasteiger partial charge in [0.05, 0.1) is 26.2 Å². The number of methoxy groups -OCH3 is 2. The number of hydrogen-bond donors (Lipinski definition) is 1. The molecule has 0 aliphatic carbocycles. The monoisotopic (exact) mass is 372 g/mol. The van der Waals surface area contributed by atoms with Crippen LogP contribution in [0.2, 0.25) is 0 Å². The van der Waals surface area contributed by atoms with Gasteiger partial charge in [-0.15, -0.1) is 0 Å². The van der Waals surface area contributed by atoms with Gasteiger partial charge in [0.1, 0.15) is 11.5 Å². The second-order valence-corrected chi connectivity index (χ2v) is 8.19. The van der Waals surface area contributed by atoms with Crippen molar-refractivity contribution >= 4 is 21.6 Å². The van der Waals surface area contributed by atoms with Crippen LogP contribution < -0.4 is 14.8 Å². The first-order valence-electron chi connectivity index (χ1n) is 8.14. The molecule has 1 aromatic rings. The molecule has 0 bridgehead atoms. The molecule has 8 heteroatoms. The van der Waals surface area contributed by atoms with E-state index < -0.39 is 10.0 Å². The van der Waals surface area contributed by atoms with Crippen molar-refractivity contribution in [3.63, 3.8) is 0 Å². The van der Waals surface area contributed by atoms with Gasteiger partial charge in [0.25, 0.3) is 0 Å². The Morgan fingerprint density at radius 1 is 1.20 bits per heavy atom.